The van der Waals surface area contributed by atoms with E-state index in [0.717, 1.165) is 16.9 Å². The number of ether oxygens (including phenoxy) is 1. The Morgan fingerprint density at radius 2 is 1.93 bits per heavy atom. The Hall–Kier alpha value is -2.23. The van der Waals surface area contributed by atoms with Gasteiger partial charge in [-0.25, -0.2) is 13.2 Å². The predicted octanol–water partition coefficient (Wildman–Crippen LogP) is 3.33. The van der Waals surface area contributed by atoms with Crippen LogP contribution in [0.15, 0.2) is 35.2 Å². The third-order valence-corrected chi connectivity index (χ3v) is 7.81. The summed E-state index contributed by atoms with van der Waals surface area (Å²) in [6.45, 7) is 5.95. The van der Waals surface area contributed by atoms with Crippen molar-refractivity contribution in [2.24, 2.45) is 0 Å². The molecule has 1 aliphatic heterocycles. The van der Waals surface area contributed by atoms with Gasteiger partial charge in [0.15, 0.2) is 0 Å². The first-order valence-electron chi connectivity index (χ1n) is 9.41. The topological polar surface area (TPSA) is 92.8 Å². The number of anilines is 1. The number of nitrogens with zero attached hydrogens (tertiary/aromatic N) is 1. The lowest BCUT2D eigenvalue weighted by atomic mass is 10.2. The molecule has 1 aliphatic rings. The SMILES string of the molecule is CCOC(=O)c1sc(NC(=O)C2CCCN2S(=O)(=O)c2ccc(C)cc2)cc1C. The van der Waals surface area contributed by atoms with E-state index >= 15 is 0 Å². The van der Waals surface area contributed by atoms with Gasteiger partial charge < -0.3 is 10.1 Å². The molecule has 0 spiro atoms. The van der Waals surface area contributed by atoms with Crippen LogP contribution in [0, 0.1) is 13.8 Å². The van der Waals surface area contributed by atoms with Crippen LogP contribution in [0.3, 0.4) is 0 Å². The molecule has 3 rings (SSSR count). The molecular formula is C20H24N2O5S2. The van der Waals surface area contributed by atoms with Gasteiger partial charge in [-0.15, -0.1) is 11.3 Å². The summed E-state index contributed by atoms with van der Waals surface area (Å²) >= 11 is 1.13. The zero-order chi connectivity index (χ0) is 21.2. The van der Waals surface area contributed by atoms with Crippen molar-refractivity contribution < 1.29 is 22.7 Å². The van der Waals surface area contributed by atoms with Crippen LogP contribution in [0.25, 0.3) is 0 Å². The number of carbonyl (C=O) groups is 2. The lowest BCUT2D eigenvalue weighted by Crippen LogP contribution is -2.43. The molecule has 2 aromatic rings. The second-order valence-corrected chi connectivity index (χ2v) is 9.86. The fraction of sp³-hybridized carbons (Fsp3) is 0.400. The second kappa shape index (κ2) is 8.64. The van der Waals surface area contributed by atoms with E-state index in [-0.39, 0.29) is 11.5 Å². The number of hydrogen-bond donors (Lipinski definition) is 1. The zero-order valence-electron chi connectivity index (χ0n) is 16.6. The molecule has 1 N–H and O–H groups in total. The molecule has 2 heterocycles. The Labute approximate surface area is 174 Å². The highest BCUT2D eigenvalue weighted by Crippen LogP contribution is 2.30. The van der Waals surface area contributed by atoms with Crippen LogP contribution in [0.1, 0.15) is 40.6 Å². The van der Waals surface area contributed by atoms with E-state index in [1.165, 1.54) is 4.31 Å². The van der Waals surface area contributed by atoms with Gasteiger partial charge in [0, 0.05) is 6.54 Å². The van der Waals surface area contributed by atoms with Crippen LogP contribution in [0.5, 0.6) is 0 Å². The van der Waals surface area contributed by atoms with Crippen molar-refractivity contribution in [2.75, 3.05) is 18.5 Å². The fourth-order valence-electron chi connectivity index (χ4n) is 3.28. The van der Waals surface area contributed by atoms with Crippen molar-refractivity contribution in [3.8, 4) is 0 Å². The average Bonchev–Trinajstić information content (AvgIpc) is 3.29. The van der Waals surface area contributed by atoms with E-state index in [1.807, 2.05) is 6.92 Å². The summed E-state index contributed by atoms with van der Waals surface area (Å²) in [6, 6.07) is 7.52. The maximum Gasteiger partial charge on any atom is 0.348 e. The Balaban J connectivity index is 1.78. The van der Waals surface area contributed by atoms with Crippen LogP contribution < -0.4 is 5.32 Å². The Morgan fingerprint density at radius 1 is 1.24 bits per heavy atom. The van der Waals surface area contributed by atoms with Crippen LogP contribution in [-0.2, 0) is 19.6 Å². The van der Waals surface area contributed by atoms with Gasteiger partial charge in [-0.2, -0.15) is 4.31 Å². The normalized spacial score (nSPS) is 17.3. The minimum absolute atomic E-state index is 0.180. The van der Waals surface area contributed by atoms with Crippen LogP contribution in [0.2, 0.25) is 0 Å². The molecule has 0 aliphatic carbocycles. The first kappa shape index (κ1) is 21.5. The van der Waals surface area contributed by atoms with Gasteiger partial charge >= 0.3 is 5.97 Å². The molecule has 9 heteroatoms. The third-order valence-electron chi connectivity index (χ3n) is 4.76. The number of rotatable bonds is 6. The maximum absolute atomic E-state index is 13.0. The van der Waals surface area contributed by atoms with Crippen molar-refractivity contribution in [3.05, 3.63) is 46.3 Å². The van der Waals surface area contributed by atoms with E-state index in [0.29, 0.717) is 34.8 Å². The molecule has 0 saturated carbocycles. The maximum atomic E-state index is 13.0. The van der Waals surface area contributed by atoms with E-state index in [1.54, 1.807) is 44.2 Å². The lowest BCUT2D eigenvalue weighted by Gasteiger charge is -2.23. The minimum atomic E-state index is -3.76. The van der Waals surface area contributed by atoms with E-state index in [2.05, 4.69) is 5.32 Å². The average molecular weight is 437 g/mol. The first-order chi connectivity index (χ1) is 13.7. The van der Waals surface area contributed by atoms with Gasteiger partial charge in [0.05, 0.1) is 16.5 Å². The van der Waals surface area contributed by atoms with Crippen molar-refractivity contribution in [1.82, 2.24) is 4.31 Å². The van der Waals surface area contributed by atoms with Crippen molar-refractivity contribution >= 4 is 38.2 Å². The van der Waals surface area contributed by atoms with Crippen LogP contribution in [0.4, 0.5) is 5.00 Å². The van der Waals surface area contributed by atoms with E-state index < -0.39 is 27.9 Å². The minimum Gasteiger partial charge on any atom is -0.462 e. The van der Waals surface area contributed by atoms with Gasteiger partial charge in [0.2, 0.25) is 15.9 Å². The molecule has 0 radical (unpaired) electrons. The lowest BCUT2D eigenvalue weighted by molar-refractivity contribution is -0.119. The van der Waals surface area contributed by atoms with Gasteiger partial charge in [-0.05, 0) is 57.4 Å². The van der Waals surface area contributed by atoms with Crippen molar-refractivity contribution in [2.45, 2.75) is 44.6 Å². The monoisotopic (exact) mass is 436 g/mol. The predicted molar refractivity (Wildman–Crippen MR) is 112 cm³/mol. The summed E-state index contributed by atoms with van der Waals surface area (Å²) in [7, 11) is -3.76. The Kier molecular flexibility index (Phi) is 6.40. The van der Waals surface area contributed by atoms with Gasteiger partial charge in [0.1, 0.15) is 10.9 Å². The number of carbonyl (C=O) groups excluding carboxylic acids is 2. The Morgan fingerprint density at radius 3 is 2.59 bits per heavy atom. The van der Waals surface area contributed by atoms with Crippen molar-refractivity contribution in [3.63, 3.8) is 0 Å². The van der Waals surface area contributed by atoms with Gasteiger partial charge in [0.25, 0.3) is 0 Å². The molecule has 1 aromatic heterocycles. The molecule has 1 atom stereocenters. The van der Waals surface area contributed by atoms with Crippen molar-refractivity contribution in [1.29, 1.82) is 0 Å². The van der Waals surface area contributed by atoms with Crippen LogP contribution in [-0.4, -0.2) is 43.8 Å². The second-order valence-electron chi connectivity index (χ2n) is 6.92. The highest BCUT2D eigenvalue weighted by atomic mass is 32.2. The van der Waals surface area contributed by atoms with Gasteiger partial charge in [-0.3, -0.25) is 4.79 Å². The molecule has 0 bridgehead atoms. The largest absolute Gasteiger partial charge is 0.462 e. The van der Waals surface area contributed by atoms with Crippen LogP contribution >= 0.6 is 11.3 Å². The standard InChI is InChI=1S/C20H24N2O5S2/c1-4-27-20(24)18-14(3)12-17(28-18)21-19(23)16-6-5-11-22(16)29(25,26)15-9-7-13(2)8-10-15/h7-10,12,16H,4-6,11H2,1-3H3,(H,21,23). The van der Waals surface area contributed by atoms with E-state index in [4.69, 9.17) is 4.74 Å². The summed E-state index contributed by atoms with van der Waals surface area (Å²) in [6.07, 6.45) is 1.06. The number of esters is 1. The third kappa shape index (κ3) is 4.52. The molecular weight excluding hydrogens is 412 g/mol. The first-order valence-corrected chi connectivity index (χ1v) is 11.7. The number of nitrogens with one attached hydrogen (secondary N) is 1. The molecule has 7 nitrogen and oxygen atoms in total. The number of benzene rings is 1. The molecule has 29 heavy (non-hydrogen) atoms. The number of hydrogen-bond acceptors (Lipinski definition) is 6. The Bertz CT molecular complexity index is 1010. The fourth-order valence-corrected chi connectivity index (χ4v) is 5.91. The number of sulfonamides is 1. The molecule has 156 valence electrons. The highest BCUT2D eigenvalue weighted by Gasteiger charge is 2.39. The molecule has 1 saturated heterocycles. The number of thiophene rings is 1. The summed E-state index contributed by atoms with van der Waals surface area (Å²) < 4.78 is 32.3. The zero-order valence-corrected chi connectivity index (χ0v) is 18.2. The molecule has 1 unspecified atom stereocenters. The summed E-state index contributed by atoms with van der Waals surface area (Å²) in [5, 5.41) is 3.27. The highest BCUT2D eigenvalue weighted by molar-refractivity contribution is 7.89. The van der Waals surface area contributed by atoms with Gasteiger partial charge in [-0.1, -0.05) is 17.7 Å². The smallest absolute Gasteiger partial charge is 0.348 e. The summed E-state index contributed by atoms with van der Waals surface area (Å²) in [5.74, 6) is -0.824. The summed E-state index contributed by atoms with van der Waals surface area (Å²) in [5.41, 5.74) is 1.67. The quantitative estimate of drug-likeness (QED) is 0.701. The molecule has 1 aromatic carbocycles. The molecule has 1 amide bonds. The van der Waals surface area contributed by atoms with E-state index in [9.17, 15) is 18.0 Å². The summed E-state index contributed by atoms with van der Waals surface area (Å²) in [4.78, 5) is 25.4. The number of amides is 1. The number of aryl methyl sites for hydroxylation is 2. The molecule has 1 fully saturated rings.